The Hall–Kier alpha value is -1.13. The molecule has 0 bridgehead atoms. The maximum Gasteiger partial charge on any atom is 0.219 e. The van der Waals surface area contributed by atoms with Crippen molar-refractivity contribution in [2.24, 2.45) is 23.7 Å². The molecule has 0 spiro atoms. The van der Waals surface area contributed by atoms with E-state index >= 15 is 0 Å². The van der Waals surface area contributed by atoms with Gasteiger partial charge in [-0.2, -0.15) is 0 Å². The van der Waals surface area contributed by atoms with Crippen LogP contribution in [-0.4, -0.2) is 34.9 Å². The van der Waals surface area contributed by atoms with E-state index in [9.17, 15) is 15.0 Å². The van der Waals surface area contributed by atoms with Gasteiger partial charge in [0.25, 0.3) is 0 Å². The number of hydrogen-bond donors (Lipinski definition) is 3. The number of unbranched alkanes of at least 4 members (excludes halogenated alkanes) is 2. The van der Waals surface area contributed by atoms with E-state index in [-0.39, 0.29) is 17.9 Å². The van der Waals surface area contributed by atoms with Gasteiger partial charge < -0.3 is 15.5 Å². The number of carbonyl (C=O) groups is 1. The number of amides is 1. The second-order valence-electron chi connectivity index (χ2n) is 9.33. The molecule has 0 aromatic rings. The largest absolute Gasteiger partial charge is 0.392 e. The van der Waals surface area contributed by atoms with Crippen molar-refractivity contribution >= 4 is 5.91 Å². The molecule has 2 aliphatic rings. The zero-order chi connectivity index (χ0) is 21.2. The zero-order valence-electron chi connectivity index (χ0n) is 18.8. The number of aliphatic hydroxyl groups is 2. The summed E-state index contributed by atoms with van der Waals surface area (Å²) in [4.78, 5) is 11.5. The molecule has 4 heteroatoms. The number of carbonyl (C=O) groups excluding carboxylic acids is 1. The molecule has 1 saturated carbocycles. The molecule has 2 aliphatic carbocycles. The van der Waals surface area contributed by atoms with Crippen molar-refractivity contribution in [2.75, 3.05) is 6.54 Å². The standard InChI is InChI=1S/C25H43NO3/c1-4-6-9-18(3)14-21(27)12-13-22-23-16-19(15-20(23)17-24(22)28)10-7-8-11-25(29)26-5-2/h12-13,15,18,20-24,27-28H,4-11,14,16-17H2,1-3H3,(H,26,29)/b13-12+/t18-,20-,21+,22+,23-,24+/m0/s1. The van der Waals surface area contributed by atoms with E-state index in [1.807, 2.05) is 13.0 Å². The lowest BCUT2D eigenvalue weighted by Crippen LogP contribution is -2.22. The van der Waals surface area contributed by atoms with Gasteiger partial charge in [-0.05, 0) is 63.2 Å². The second-order valence-corrected chi connectivity index (χ2v) is 9.33. The van der Waals surface area contributed by atoms with Gasteiger partial charge in [-0.3, -0.25) is 4.79 Å². The van der Waals surface area contributed by atoms with Crippen LogP contribution < -0.4 is 5.32 Å². The predicted octanol–water partition coefficient (Wildman–Crippen LogP) is 4.76. The van der Waals surface area contributed by atoms with Gasteiger partial charge in [-0.25, -0.2) is 0 Å². The lowest BCUT2D eigenvalue weighted by atomic mass is 9.88. The maximum atomic E-state index is 11.5. The Bertz CT molecular complexity index is 556. The number of aliphatic hydroxyl groups excluding tert-OH is 2. The van der Waals surface area contributed by atoms with E-state index in [1.54, 1.807) is 0 Å². The topological polar surface area (TPSA) is 69.6 Å². The van der Waals surface area contributed by atoms with Crippen molar-refractivity contribution in [3.05, 3.63) is 23.8 Å². The molecule has 0 aliphatic heterocycles. The third-order valence-electron chi connectivity index (χ3n) is 6.73. The van der Waals surface area contributed by atoms with Crippen LogP contribution in [0.2, 0.25) is 0 Å². The maximum absolute atomic E-state index is 11.5. The van der Waals surface area contributed by atoms with Crippen molar-refractivity contribution in [2.45, 2.75) is 97.2 Å². The zero-order valence-corrected chi connectivity index (χ0v) is 18.8. The molecule has 0 heterocycles. The van der Waals surface area contributed by atoms with Gasteiger partial charge in [-0.1, -0.05) is 56.9 Å². The first-order valence-electron chi connectivity index (χ1n) is 11.9. The van der Waals surface area contributed by atoms with Gasteiger partial charge in [0.2, 0.25) is 5.91 Å². The smallest absolute Gasteiger partial charge is 0.219 e. The van der Waals surface area contributed by atoms with E-state index in [1.165, 1.54) is 24.8 Å². The van der Waals surface area contributed by atoms with Gasteiger partial charge in [0, 0.05) is 18.9 Å². The Labute approximate surface area is 177 Å². The average Bonchev–Trinajstić information content (AvgIpc) is 3.18. The molecular weight excluding hydrogens is 362 g/mol. The molecule has 2 rings (SSSR count). The van der Waals surface area contributed by atoms with Crippen LogP contribution in [0.3, 0.4) is 0 Å². The van der Waals surface area contributed by atoms with E-state index in [0.29, 0.717) is 30.7 Å². The summed E-state index contributed by atoms with van der Waals surface area (Å²) in [6.07, 6.45) is 15.7. The van der Waals surface area contributed by atoms with Crippen LogP contribution in [0.25, 0.3) is 0 Å². The second kappa shape index (κ2) is 12.5. The average molecular weight is 406 g/mol. The highest BCUT2D eigenvalue weighted by molar-refractivity contribution is 5.75. The van der Waals surface area contributed by atoms with Gasteiger partial charge >= 0.3 is 0 Å². The summed E-state index contributed by atoms with van der Waals surface area (Å²) in [6.45, 7) is 7.07. The number of allylic oxidation sites excluding steroid dienone is 2. The molecule has 1 fully saturated rings. The Morgan fingerprint density at radius 1 is 1.31 bits per heavy atom. The van der Waals surface area contributed by atoms with Crippen LogP contribution >= 0.6 is 0 Å². The first-order chi connectivity index (χ1) is 13.9. The van der Waals surface area contributed by atoms with Crippen molar-refractivity contribution in [3.8, 4) is 0 Å². The minimum atomic E-state index is -0.406. The van der Waals surface area contributed by atoms with E-state index in [4.69, 9.17) is 0 Å². The first-order valence-corrected chi connectivity index (χ1v) is 11.9. The van der Waals surface area contributed by atoms with Crippen molar-refractivity contribution < 1.29 is 15.0 Å². The number of fused-ring (bicyclic) bond motifs is 1. The number of nitrogens with one attached hydrogen (secondary N) is 1. The highest BCUT2D eigenvalue weighted by Crippen LogP contribution is 2.48. The van der Waals surface area contributed by atoms with Gasteiger partial charge in [0.1, 0.15) is 0 Å². The Kier molecular flexibility index (Phi) is 10.4. The van der Waals surface area contributed by atoms with Crippen LogP contribution in [0.1, 0.15) is 85.0 Å². The van der Waals surface area contributed by atoms with Crippen LogP contribution in [-0.2, 0) is 4.79 Å². The van der Waals surface area contributed by atoms with E-state index in [0.717, 1.165) is 38.5 Å². The highest BCUT2D eigenvalue weighted by atomic mass is 16.3. The van der Waals surface area contributed by atoms with Crippen molar-refractivity contribution in [1.82, 2.24) is 5.32 Å². The fourth-order valence-electron chi connectivity index (χ4n) is 5.13. The van der Waals surface area contributed by atoms with Crippen molar-refractivity contribution in [1.29, 1.82) is 0 Å². The van der Waals surface area contributed by atoms with Gasteiger partial charge in [0.15, 0.2) is 0 Å². The number of rotatable bonds is 13. The molecule has 0 unspecified atom stereocenters. The van der Waals surface area contributed by atoms with E-state index < -0.39 is 6.10 Å². The van der Waals surface area contributed by atoms with Crippen LogP contribution in [0.5, 0.6) is 0 Å². The molecular formula is C25H43NO3. The van der Waals surface area contributed by atoms with Gasteiger partial charge in [-0.15, -0.1) is 0 Å². The molecule has 0 aromatic heterocycles. The lowest BCUT2D eigenvalue weighted by molar-refractivity contribution is -0.121. The van der Waals surface area contributed by atoms with Gasteiger partial charge in [0.05, 0.1) is 12.2 Å². The number of hydrogen-bond acceptors (Lipinski definition) is 3. The molecule has 0 radical (unpaired) electrons. The molecule has 4 nitrogen and oxygen atoms in total. The summed E-state index contributed by atoms with van der Waals surface area (Å²) in [6, 6.07) is 0. The Balaban J connectivity index is 1.75. The summed E-state index contributed by atoms with van der Waals surface area (Å²) in [5.74, 6) is 1.79. The fourth-order valence-corrected chi connectivity index (χ4v) is 5.13. The third-order valence-corrected chi connectivity index (χ3v) is 6.73. The summed E-state index contributed by atoms with van der Waals surface area (Å²) < 4.78 is 0. The summed E-state index contributed by atoms with van der Waals surface area (Å²) in [5, 5.41) is 23.7. The van der Waals surface area contributed by atoms with Crippen LogP contribution in [0.15, 0.2) is 23.8 Å². The molecule has 0 saturated heterocycles. The third kappa shape index (κ3) is 7.90. The Morgan fingerprint density at radius 2 is 2.10 bits per heavy atom. The fraction of sp³-hybridized carbons (Fsp3) is 0.800. The normalized spacial score (nSPS) is 28.4. The monoisotopic (exact) mass is 405 g/mol. The Morgan fingerprint density at radius 3 is 2.83 bits per heavy atom. The molecule has 166 valence electrons. The summed E-state index contributed by atoms with van der Waals surface area (Å²) >= 11 is 0. The molecule has 0 aromatic carbocycles. The van der Waals surface area contributed by atoms with Crippen molar-refractivity contribution in [3.63, 3.8) is 0 Å². The van der Waals surface area contributed by atoms with Crippen LogP contribution in [0.4, 0.5) is 0 Å². The lowest BCUT2D eigenvalue weighted by Gasteiger charge is -2.19. The minimum Gasteiger partial charge on any atom is -0.392 e. The van der Waals surface area contributed by atoms with E-state index in [2.05, 4.69) is 31.3 Å². The van der Waals surface area contributed by atoms with Crippen LogP contribution in [0, 0.1) is 23.7 Å². The molecule has 29 heavy (non-hydrogen) atoms. The molecule has 3 N–H and O–H groups in total. The SMILES string of the molecule is CCCC[C@H](C)C[C@H](O)/C=C/[C@@H]1[C@H]2CC(CCCCC(=O)NCC)=C[C@H]2C[C@H]1O. The summed E-state index contributed by atoms with van der Waals surface area (Å²) in [5.41, 5.74) is 1.50. The first kappa shape index (κ1) is 24.1. The molecule has 1 amide bonds. The minimum absolute atomic E-state index is 0.153. The quantitative estimate of drug-likeness (QED) is 0.306. The molecule has 6 atom stereocenters. The predicted molar refractivity (Wildman–Crippen MR) is 119 cm³/mol. The summed E-state index contributed by atoms with van der Waals surface area (Å²) in [7, 11) is 0. The highest BCUT2D eigenvalue weighted by Gasteiger charge is 2.43.